The smallest absolute Gasteiger partial charge is 0.416 e. The van der Waals surface area contributed by atoms with Gasteiger partial charge in [-0.15, -0.1) is 0 Å². The molecular weight excluding hydrogens is 400 g/mol. The first-order valence-corrected chi connectivity index (χ1v) is 10.6. The van der Waals surface area contributed by atoms with E-state index in [1.807, 2.05) is 41.5 Å². The molecule has 0 radical (unpaired) electrons. The Hall–Kier alpha value is -2.64. The normalized spacial score (nSPS) is 14.6. The van der Waals surface area contributed by atoms with Crippen molar-refractivity contribution in [3.8, 4) is 0 Å². The van der Waals surface area contributed by atoms with Crippen molar-refractivity contribution in [2.75, 3.05) is 25.7 Å². The van der Waals surface area contributed by atoms with Crippen LogP contribution in [-0.4, -0.2) is 49.4 Å². The van der Waals surface area contributed by atoms with E-state index >= 15 is 0 Å². The molecule has 8 heteroatoms. The number of carbonyl (C=O) groups excluding carboxylic acids is 3. The number of nitrogens with zero attached hydrogens (tertiary/aromatic N) is 2. The maximum atomic E-state index is 13.0. The summed E-state index contributed by atoms with van der Waals surface area (Å²) in [5, 5.41) is 0. The van der Waals surface area contributed by atoms with Gasteiger partial charge in [-0.3, -0.25) is 14.5 Å². The number of aromatic nitrogens is 1. The summed E-state index contributed by atoms with van der Waals surface area (Å²) in [4.78, 5) is 44.5. The summed E-state index contributed by atoms with van der Waals surface area (Å²) < 4.78 is 15.5. The summed E-state index contributed by atoms with van der Waals surface area (Å²) in [7, 11) is 2.52. The second-order valence-corrected chi connectivity index (χ2v) is 9.01. The van der Waals surface area contributed by atoms with Crippen molar-refractivity contribution < 1.29 is 28.6 Å². The van der Waals surface area contributed by atoms with Gasteiger partial charge in [-0.05, 0) is 57.7 Å². The van der Waals surface area contributed by atoms with Crippen LogP contribution in [0.4, 0.5) is 10.6 Å². The van der Waals surface area contributed by atoms with Crippen LogP contribution < -0.4 is 4.90 Å². The lowest BCUT2D eigenvalue weighted by Crippen LogP contribution is -2.42. The molecule has 1 aromatic rings. The van der Waals surface area contributed by atoms with Gasteiger partial charge in [-0.2, -0.15) is 0 Å². The standard InChI is InChI=1S/C23H34N2O6/c1-9-10-11-25(21(28)31-22(4,5)6)18-14(2)16-12-23(19(26)29-7,20(27)30-8)13-17(16)15(3)24-18/h9-13H2,1-8H3. The van der Waals surface area contributed by atoms with Gasteiger partial charge < -0.3 is 14.2 Å². The highest BCUT2D eigenvalue weighted by molar-refractivity contribution is 6.02. The molecule has 0 aliphatic heterocycles. The number of aryl methyl sites for hydroxylation is 1. The van der Waals surface area contributed by atoms with E-state index in [0.717, 1.165) is 29.5 Å². The molecule has 0 saturated carbocycles. The van der Waals surface area contributed by atoms with E-state index in [2.05, 4.69) is 0 Å². The maximum absolute atomic E-state index is 13.0. The number of anilines is 1. The Bertz CT molecular complexity index is 856. The quantitative estimate of drug-likeness (QED) is 0.383. The second kappa shape index (κ2) is 9.24. The first-order valence-electron chi connectivity index (χ1n) is 10.6. The Morgan fingerprint density at radius 1 is 1.03 bits per heavy atom. The van der Waals surface area contributed by atoms with Crippen molar-refractivity contribution >= 4 is 23.8 Å². The Kier molecular flexibility index (Phi) is 7.34. The van der Waals surface area contributed by atoms with Gasteiger partial charge in [0, 0.05) is 25.1 Å². The Labute approximate surface area is 184 Å². The highest BCUT2D eigenvalue weighted by atomic mass is 16.6. The number of ether oxygens (including phenoxy) is 3. The van der Waals surface area contributed by atoms with Crippen molar-refractivity contribution in [1.29, 1.82) is 0 Å². The first kappa shape index (κ1) is 24.6. The third kappa shape index (κ3) is 4.83. The first-order chi connectivity index (χ1) is 14.4. The molecule has 0 bridgehead atoms. The summed E-state index contributed by atoms with van der Waals surface area (Å²) in [6, 6.07) is 0. The van der Waals surface area contributed by atoms with Gasteiger partial charge in [-0.1, -0.05) is 13.3 Å². The van der Waals surface area contributed by atoms with Crippen molar-refractivity contribution in [2.45, 2.75) is 72.8 Å². The Balaban J connectivity index is 2.57. The number of rotatable bonds is 6. The lowest BCUT2D eigenvalue weighted by molar-refractivity contribution is -0.168. The molecule has 1 amide bonds. The molecule has 1 aromatic heterocycles. The lowest BCUT2D eigenvalue weighted by Gasteiger charge is -2.28. The minimum absolute atomic E-state index is 0.139. The number of esters is 2. The van der Waals surface area contributed by atoms with Gasteiger partial charge in [0.1, 0.15) is 11.4 Å². The van der Waals surface area contributed by atoms with E-state index in [9.17, 15) is 14.4 Å². The molecule has 0 aromatic carbocycles. The third-order valence-electron chi connectivity index (χ3n) is 5.58. The zero-order valence-corrected chi connectivity index (χ0v) is 19.9. The van der Waals surface area contributed by atoms with Gasteiger partial charge in [0.15, 0.2) is 5.41 Å². The predicted octanol–water partition coefficient (Wildman–Crippen LogP) is 3.67. The number of fused-ring (bicyclic) bond motifs is 1. The Morgan fingerprint density at radius 3 is 2.06 bits per heavy atom. The number of hydrogen-bond donors (Lipinski definition) is 0. The predicted molar refractivity (Wildman–Crippen MR) is 116 cm³/mol. The van der Waals surface area contributed by atoms with Crippen molar-refractivity contribution in [3.63, 3.8) is 0 Å². The molecule has 0 unspecified atom stereocenters. The molecule has 31 heavy (non-hydrogen) atoms. The van der Waals surface area contributed by atoms with Crippen LogP contribution >= 0.6 is 0 Å². The van der Waals surface area contributed by atoms with Crippen LogP contribution in [0.15, 0.2) is 0 Å². The van der Waals surface area contributed by atoms with Gasteiger partial charge in [0.05, 0.1) is 14.2 Å². The van der Waals surface area contributed by atoms with Crippen LogP contribution in [0.3, 0.4) is 0 Å². The minimum atomic E-state index is -1.44. The lowest BCUT2D eigenvalue weighted by atomic mass is 9.84. The highest BCUT2D eigenvalue weighted by Crippen LogP contribution is 2.43. The fraction of sp³-hybridized carbons (Fsp3) is 0.652. The van der Waals surface area contributed by atoms with E-state index < -0.39 is 29.0 Å². The summed E-state index contributed by atoms with van der Waals surface area (Å²) in [5.41, 5.74) is 0.959. The fourth-order valence-electron chi connectivity index (χ4n) is 3.97. The number of hydrogen-bond acceptors (Lipinski definition) is 7. The largest absolute Gasteiger partial charge is 0.468 e. The van der Waals surface area contributed by atoms with Crippen LogP contribution in [0.5, 0.6) is 0 Å². The molecule has 172 valence electrons. The second-order valence-electron chi connectivity index (χ2n) is 9.01. The monoisotopic (exact) mass is 434 g/mol. The topological polar surface area (TPSA) is 95.0 Å². The molecule has 2 rings (SSSR count). The van der Waals surface area contributed by atoms with E-state index in [0.29, 0.717) is 18.1 Å². The van der Waals surface area contributed by atoms with Crippen molar-refractivity contribution in [3.05, 3.63) is 22.4 Å². The number of carbonyl (C=O) groups is 3. The highest BCUT2D eigenvalue weighted by Gasteiger charge is 2.54. The molecule has 1 aliphatic carbocycles. The average Bonchev–Trinajstić information content (AvgIpc) is 3.12. The third-order valence-corrected chi connectivity index (χ3v) is 5.58. The van der Waals surface area contributed by atoms with Crippen molar-refractivity contribution in [2.24, 2.45) is 5.41 Å². The summed E-state index contributed by atoms with van der Waals surface area (Å²) in [6.07, 6.45) is 1.50. The van der Waals surface area contributed by atoms with E-state index in [4.69, 9.17) is 19.2 Å². The molecule has 0 N–H and O–H groups in total. The van der Waals surface area contributed by atoms with E-state index in [1.165, 1.54) is 14.2 Å². The summed E-state index contributed by atoms with van der Waals surface area (Å²) >= 11 is 0. The van der Waals surface area contributed by atoms with Gasteiger partial charge in [0.25, 0.3) is 0 Å². The molecular formula is C23H34N2O6. The number of pyridine rings is 1. The van der Waals surface area contributed by atoms with Crippen LogP contribution in [0.2, 0.25) is 0 Å². The van der Waals surface area contributed by atoms with Gasteiger partial charge in [0.2, 0.25) is 0 Å². The average molecular weight is 435 g/mol. The van der Waals surface area contributed by atoms with Gasteiger partial charge in [-0.25, -0.2) is 9.78 Å². The van der Waals surface area contributed by atoms with Crippen LogP contribution in [0.1, 0.15) is 62.9 Å². The molecule has 1 aliphatic rings. The SMILES string of the molecule is CCCCN(C(=O)OC(C)(C)C)c1nc(C)c2c(c1C)CC(C(=O)OC)(C(=O)OC)C2. The maximum Gasteiger partial charge on any atom is 0.416 e. The number of unbranched alkanes of at least 4 members (excludes halogenated alkanes) is 1. The minimum Gasteiger partial charge on any atom is -0.468 e. The molecule has 1 heterocycles. The summed E-state index contributed by atoms with van der Waals surface area (Å²) in [5.74, 6) is -0.777. The van der Waals surface area contributed by atoms with Crippen LogP contribution in [-0.2, 0) is 36.6 Å². The zero-order valence-electron chi connectivity index (χ0n) is 19.9. The van der Waals surface area contributed by atoms with Crippen LogP contribution in [0.25, 0.3) is 0 Å². The fourth-order valence-corrected chi connectivity index (χ4v) is 3.97. The van der Waals surface area contributed by atoms with Crippen molar-refractivity contribution in [1.82, 2.24) is 4.98 Å². The number of methoxy groups -OCH3 is 2. The zero-order chi connectivity index (χ0) is 23.6. The Morgan fingerprint density at radius 2 is 1.58 bits per heavy atom. The number of amides is 1. The van der Waals surface area contributed by atoms with E-state index in [-0.39, 0.29) is 12.8 Å². The molecule has 0 atom stereocenters. The van der Waals surface area contributed by atoms with Gasteiger partial charge >= 0.3 is 18.0 Å². The molecule has 0 spiro atoms. The van der Waals surface area contributed by atoms with E-state index in [1.54, 1.807) is 4.90 Å². The van der Waals surface area contributed by atoms with Crippen LogP contribution in [0, 0.1) is 19.3 Å². The summed E-state index contributed by atoms with van der Waals surface area (Å²) in [6.45, 7) is 11.6. The molecule has 0 fully saturated rings. The molecule has 8 nitrogen and oxygen atoms in total. The molecule has 0 saturated heterocycles.